The van der Waals surface area contributed by atoms with Gasteiger partial charge in [0.25, 0.3) is 0 Å². The van der Waals surface area contributed by atoms with Crippen LogP contribution in [0, 0.1) is 0 Å². The molecule has 0 spiro atoms. The molecule has 0 amide bonds. The first-order valence-electron chi connectivity index (χ1n) is 4.87. The fourth-order valence-electron chi connectivity index (χ4n) is 0. The summed E-state index contributed by atoms with van der Waals surface area (Å²) in [7, 11) is 0. The molecule has 0 aromatic rings. The zero-order valence-electron chi connectivity index (χ0n) is 11.1. The van der Waals surface area contributed by atoms with Crippen molar-refractivity contribution in [2.45, 2.75) is 53.8 Å². The Morgan fingerprint density at radius 3 is 0.733 bits per heavy atom. The Hall–Kier alpha value is -0.200. The molecule has 100 valence electrons. The number of aliphatic hydroxyl groups is 4. The zero-order chi connectivity index (χ0) is 12.6. The predicted molar refractivity (Wildman–Crippen MR) is 65.3 cm³/mol. The minimum Gasteiger partial charge on any atom is -0.397 e. The first-order valence-corrected chi connectivity index (χ1v) is 4.87. The summed E-state index contributed by atoms with van der Waals surface area (Å²) >= 11 is 0. The summed E-state index contributed by atoms with van der Waals surface area (Å²) in [5.74, 6) is 0. The SMILES string of the molecule is CC(C)O.CC(C)O.CCO.CCO.N. The van der Waals surface area contributed by atoms with E-state index in [0.29, 0.717) is 0 Å². The van der Waals surface area contributed by atoms with E-state index in [-0.39, 0.29) is 31.6 Å². The van der Waals surface area contributed by atoms with Crippen molar-refractivity contribution in [1.29, 1.82) is 0 Å². The molecule has 0 rings (SSSR count). The Kier molecular flexibility index (Phi) is 72.7. The van der Waals surface area contributed by atoms with E-state index in [4.69, 9.17) is 20.4 Å². The average Bonchev–Trinajstić information content (AvgIpc) is 1.85. The van der Waals surface area contributed by atoms with Crippen LogP contribution in [0.2, 0.25) is 0 Å². The molecule has 0 unspecified atom stereocenters. The van der Waals surface area contributed by atoms with Gasteiger partial charge in [-0.25, -0.2) is 0 Å². The highest BCUT2D eigenvalue weighted by Crippen LogP contribution is 1.65. The van der Waals surface area contributed by atoms with Crippen LogP contribution < -0.4 is 6.15 Å². The second-order valence-electron chi connectivity index (χ2n) is 2.82. The number of aliphatic hydroxyl groups excluding tert-OH is 4. The molecule has 0 aliphatic heterocycles. The molecule has 0 bridgehead atoms. The van der Waals surface area contributed by atoms with Gasteiger partial charge < -0.3 is 26.6 Å². The summed E-state index contributed by atoms with van der Waals surface area (Å²) in [6, 6.07) is 0. The fourth-order valence-corrected chi connectivity index (χ4v) is 0. The maximum absolute atomic E-state index is 8.06. The van der Waals surface area contributed by atoms with Gasteiger partial charge in [0.1, 0.15) is 0 Å². The van der Waals surface area contributed by atoms with E-state index in [9.17, 15) is 0 Å². The van der Waals surface area contributed by atoms with Crippen LogP contribution in [-0.2, 0) is 0 Å². The van der Waals surface area contributed by atoms with E-state index in [2.05, 4.69) is 0 Å². The molecule has 0 aliphatic rings. The Labute approximate surface area is 94.4 Å². The van der Waals surface area contributed by atoms with Crippen LogP contribution in [-0.4, -0.2) is 45.8 Å². The van der Waals surface area contributed by atoms with Gasteiger partial charge in [-0.2, -0.15) is 0 Å². The van der Waals surface area contributed by atoms with E-state index in [1.807, 2.05) is 0 Å². The van der Waals surface area contributed by atoms with Gasteiger partial charge in [-0.3, -0.25) is 0 Å². The molecule has 5 nitrogen and oxygen atoms in total. The maximum atomic E-state index is 8.06. The lowest BCUT2D eigenvalue weighted by Gasteiger charge is -1.80. The standard InChI is InChI=1S/2C3H8O.2C2H6O.H3N/c2*1-3(2)4;2*1-2-3;/h2*3-4H,1-2H3;2*3H,2H2,1H3;1H3. The Morgan fingerprint density at radius 1 is 0.733 bits per heavy atom. The van der Waals surface area contributed by atoms with E-state index >= 15 is 0 Å². The van der Waals surface area contributed by atoms with Crippen molar-refractivity contribution in [3.8, 4) is 0 Å². The van der Waals surface area contributed by atoms with Crippen molar-refractivity contribution in [1.82, 2.24) is 6.15 Å². The second kappa shape index (κ2) is 37.2. The highest BCUT2D eigenvalue weighted by Gasteiger charge is 1.69. The molecule has 0 atom stereocenters. The molecular formula is C10H31NO4. The van der Waals surface area contributed by atoms with E-state index in [1.54, 1.807) is 41.5 Å². The van der Waals surface area contributed by atoms with Gasteiger partial charge in [0, 0.05) is 25.4 Å². The van der Waals surface area contributed by atoms with Crippen LogP contribution >= 0.6 is 0 Å². The third-order valence-electron chi connectivity index (χ3n) is 0. The summed E-state index contributed by atoms with van der Waals surface area (Å²) in [6.07, 6.45) is -0.333. The number of hydrogen-bond donors (Lipinski definition) is 5. The largest absolute Gasteiger partial charge is 0.397 e. The minimum absolute atomic E-state index is 0. The first-order chi connectivity index (χ1) is 6.29. The van der Waals surface area contributed by atoms with Crippen molar-refractivity contribution in [3.05, 3.63) is 0 Å². The van der Waals surface area contributed by atoms with Crippen molar-refractivity contribution >= 4 is 0 Å². The van der Waals surface area contributed by atoms with Crippen molar-refractivity contribution in [2.24, 2.45) is 0 Å². The lowest BCUT2D eigenvalue weighted by molar-refractivity contribution is 0.215. The van der Waals surface area contributed by atoms with Gasteiger partial charge >= 0.3 is 0 Å². The molecule has 0 aliphatic carbocycles. The van der Waals surface area contributed by atoms with Gasteiger partial charge in [0.2, 0.25) is 0 Å². The molecule has 15 heavy (non-hydrogen) atoms. The molecule has 7 N–H and O–H groups in total. The second-order valence-corrected chi connectivity index (χ2v) is 2.82. The van der Waals surface area contributed by atoms with Crippen LogP contribution in [0.1, 0.15) is 41.5 Å². The third kappa shape index (κ3) is 48000. The van der Waals surface area contributed by atoms with Gasteiger partial charge in [-0.1, -0.05) is 0 Å². The summed E-state index contributed by atoms with van der Waals surface area (Å²) in [5.41, 5.74) is 0. The lowest BCUT2D eigenvalue weighted by Crippen LogP contribution is -1.85. The van der Waals surface area contributed by atoms with Crippen molar-refractivity contribution in [3.63, 3.8) is 0 Å². The van der Waals surface area contributed by atoms with Gasteiger partial charge in [0.05, 0.1) is 0 Å². The maximum Gasteiger partial charge on any atom is 0.0483 e. The van der Waals surface area contributed by atoms with Crippen molar-refractivity contribution < 1.29 is 20.4 Å². The Bertz CT molecular complexity index is 47.9. The molecule has 0 fully saturated rings. The average molecular weight is 229 g/mol. The van der Waals surface area contributed by atoms with Crippen LogP contribution in [0.4, 0.5) is 0 Å². The van der Waals surface area contributed by atoms with Gasteiger partial charge in [0.15, 0.2) is 0 Å². The zero-order valence-corrected chi connectivity index (χ0v) is 11.1. The molecule has 0 saturated carbocycles. The number of rotatable bonds is 0. The minimum atomic E-state index is -0.167. The van der Waals surface area contributed by atoms with E-state index in [0.717, 1.165) is 0 Å². The monoisotopic (exact) mass is 229 g/mol. The predicted octanol–water partition coefficient (Wildman–Crippen LogP) is 0.933. The third-order valence-corrected chi connectivity index (χ3v) is 0. The van der Waals surface area contributed by atoms with Gasteiger partial charge in [-0.15, -0.1) is 0 Å². The normalized spacial score (nSPS) is 7.20. The number of hydrogen-bond acceptors (Lipinski definition) is 5. The summed E-state index contributed by atoms with van der Waals surface area (Å²) < 4.78 is 0. The quantitative estimate of drug-likeness (QED) is 0.424. The Morgan fingerprint density at radius 2 is 0.733 bits per heavy atom. The summed E-state index contributed by atoms with van der Waals surface area (Å²) in [4.78, 5) is 0. The molecule has 0 saturated heterocycles. The smallest absolute Gasteiger partial charge is 0.0483 e. The first kappa shape index (κ1) is 29.3. The van der Waals surface area contributed by atoms with Crippen LogP contribution in [0.25, 0.3) is 0 Å². The topological polar surface area (TPSA) is 116 Å². The molecule has 0 aromatic heterocycles. The molecular weight excluding hydrogens is 198 g/mol. The fraction of sp³-hybridized carbons (Fsp3) is 1.00. The lowest BCUT2D eigenvalue weighted by atomic mass is 10.5. The molecule has 5 heteroatoms. The van der Waals surface area contributed by atoms with Crippen molar-refractivity contribution in [2.75, 3.05) is 13.2 Å². The molecule has 0 radical (unpaired) electrons. The Balaban J connectivity index is -0.0000000293. The summed E-state index contributed by atoms with van der Waals surface area (Å²) in [6.45, 7) is 10.8. The highest BCUT2D eigenvalue weighted by atomic mass is 16.3. The highest BCUT2D eigenvalue weighted by molar-refractivity contribution is 4.21. The van der Waals surface area contributed by atoms with E-state index in [1.165, 1.54) is 0 Å². The van der Waals surface area contributed by atoms with Crippen LogP contribution in [0.15, 0.2) is 0 Å². The van der Waals surface area contributed by atoms with E-state index < -0.39 is 0 Å². The van der Waals surface area contributed by atoms with Crippen LogP contribution in [0.5, 0.6) is 0 Å². The molecule has 0 heterocycles. The molecule has 0 aromatic carbocycles. The van der Waals surface area contributed by atoms with Gasteiger partial charge in [-0.05, 0) is 41.5 Å². The summed E-state index contributed by atoms with van der Waals surface area (Å²) in [5, 5.41) is 31.2. The van der Waals surface area contributed by atoms with Crippen LogP contribution in [0.3, 0.4) is 0 Å².